The van der Waals surface area contributed by atoms with Crippen molar-refractivity contribution in [3.63, 3.8) is 0 Å². The van der Waals surface area contributed by atoms with Gasteiger partial charge in [-0.3, -0.25) is 9.13 Å². The number of hydrogen-bond donors (Lipinski definition) is 3. The van der Waals surface area contributed by atoms with Crippen molar-refractivity contribution in [1.82, 2.24) is 69.2 Å². The van der Waals surface area contributed by atoms with Crippen LogP contribution in [0.25, 0.3) is 44.7 Å². The largest absolute Gasteiger partial charge is 0.460 e. The summed E-state index contributed by atoms with van der Waals surface area (Å²) in [5.41, 5.74) is 5.33. The summed E-state index contributed by atoms with van der Waals surface area (Å²) >= 11 is 34.5. The van der Waals surface area contributed by atoms with E-state index < -0.39 is 11.7 Å². The SMILES string of the molecule is CC(C)(C)OC(=O)NC1CC(O)C1.Cc1nc2ccccc2n1-c1nc(OC2CC(N(C)C)C2)ncc1Cl.Clc1ncc(Cl)c(-n2cnc3ccccc32)n1.Clc1ncc(Cl)c(Cl)n1.c1ccc2[nH]cnc2c1. The van der Waals surface area contributed by atoms with Gasteiger partial charge in [0.05, 0.1) is 69.1 Å². The molecule has 0 unspecified atom stereocenters. The third-order valence-electron chi connectivity index (χ3n) is 10.9. The second-order valence-electron chi connectivity index (χ2n) is 17.7. The lowest BCUT2D eigenvalue weighted by Gasteiger charge is -2.38. The van der Waals surface area contributed by atoms with Gasteiger partial charge in [-0.2, -0.15) is 9.97 Å². The number of nitrogens with zero attached hydrogens (tertiary/aromatic N) is 12. The molecule has 3 N–H and O–H groups in total. The lowest BCUT2D eigenvalue weighted by atomic mass is 9.88. The van der Waals surface area contributed by atoms with Crippen molar-refractivity contribution >= 4 is 109 Å². The number of fused-ring (bicyclic) bond motifs is 3. The van der Waals surface area contributed by atoms with Crippen LogP contribution in [0.4, 0.5) is 4.79 Å². The van der Waals surface area contributed by atoms with E-state index in [-0.39, 0.29) is 34.0 Å². The Morgan fingerprint density at radius 3 is 1.96 bits per heavy atom. The van der Waals surface area contributed by atoms with Crippen molar-refractivity contribution in [3.8, 4) is 17.6 Å². The standard InChI is InChI=1S/C18H20ClN5O.C11H6Cl2N4.C9H17NO3.C7H6N2.C4HCl3N2/c1-11-21-15-6-4-5-7-16(15)24(11)17-14(19)10-20-18(22-17)25-13-8-12(9-13)23(2)3;12-7-5-14-11(13)16-10(7)17-6-15-8-3-1-2-4-9(8)17;1-9(2,3)13-8(12)10-6-4-7(11)5-6;1-2-4-7-6(3-1)8-5-9-7;5-2-1-8-4(7)9-3(2)6/h4-7,10,12-13H,8-9H2,1-3H3;1-6H;6-7,11H,4-5H2,1-3H3,(H,10,12);1-5H,(H,8,9);1H. The molecule has 2 saturated carbocycles. The van der Waals surface area contributed by atoms with Crippen LogP contribution in [-0.2, 0) is 4.74 Å². The summed E-state index contributed by atoms with van der Waals surface area (Å²) in [4.78, 5) is 53.2. The number of nitrogens with one attached hydrogen (secondary N) is 2. The van der Waals surface area contributed by atoms with Gasteiger partial charge in [-0.25, -0.2) is 39.7 Å². The van der Waals surface area contributed by atoms with Crippen LogP contribution in [0.3, 0.4) is 0 Å². The van der Waals surface area contributed by atoms with E-state index in [4.69, 9.17) is 84.2 Å². The highest BCUT2D eigenvalue weighted by molar-refractivity contribution is 6.41. The van der Waals surface area contributed by atoms with E-state index in [1.165, 1.54) is 12.4 Å². The first-order valence-corrected chi connectivity index (χ1v) is 24.9. The number of aliphatic hydroxyl groups is 1. The molecule has 9 aromatic rings. The van der Waals surface area contributed by atoms with Crippen LogP contribution >= 0.6 is 69.6 Å². The van der Waals surface area contributed by atoms with E-state index in [2.05, 4.69) is 74.2 Å². The summed E-state index contributed by atoms with van der Waals surface area (Å²) in [5, 5.41) is 13.3. The van der Waals surface area contributed by atoms with Crippen molar-refractivity contribution in [2.75, 3.05) is 14.1 Å². The Kier molecular flexibility index (Phi) is 18.7. The zero-order chi connectivity index (χ0) is 52.4. The van der Waals surface area contributed by atoms with Crippen molar-refractivity contribution in [2.24, 2.45) is 0 Å². The number of H-pyrrole nitrogens is 1. The van der Waals surface area contributed by atoms with Gasteiger partial charge >= 0.3 is 12.1 Å². The number of aromatic amines is 1. The van der Waals surface area contributed by atoms with Crippen LogP contribution < -0.4 is 10.1 Å². The minimum atomic E-state index is -0.452. The number of benzene rings is 3. The molecular formula is C49H50Cl6N14O4. The van der Waals surface area contributed by atoms with Gasteiger partial charge in [-0.05, 0) is 114 Å². The zero-order valence-electron chi connectivity index (χ0n) is 40.3. The quantitative estimate of drug-likeness (QED) is 0.104. The van der Waals surface area contributed by atoms with Gasteiger partial charge in [0, 0.05) is 24.9 Å². The highest BCUT2D eigenvalue weighted by Crippen LogP contribution is 2.30. The number of carbonyl (C=O) groups is 1. The van der Waals surface area contributed by atoms with E-state index in [1.54, 1.807) is 23.4 Å². The molecule has 73 heavy (non-hydrogen) atoms. The fourth-order valence-electron chi connectivity index (χ4n) is 7.19. The number of aromatic nitrogens is 12. The molecule has 2 aliphatic rings. The molecule has 0 bridgehead atoms. The predicted molar refractivity (Wildman–Crippen MR) is 286 cm³/mol. The Hall–Kier alpha value is -5.96. The summed E-state index contributed by atoms with van der Waals surface area (Å²) in [6.07, 6.45) is 10.5. The van der Waals surface area contributed by atoms with Crippen LogP contribution in [0, 0.1) is 6.92 Å². The first-order chi connectivity index (χ1) is 34.8. The van der Waals surface area contributed by atoms with Crippen LogP contribution in [-0.4, -0.2) is 119 Å². The predicted octanol–water partition coefficient (Wildman–Crippen LogP) is 11.4. The van der Waals surface area contributed by atoms with Crippen LogP contribution in [0.1, 0.15) is 52.3 Å². The fourth-order valence-corrected chi connectivity index (χ4v) is 8.08. The summed E-state index contributed by atoms with van der Waals surface area (Å²) in [7, 11) is 4.18. The number of para-hydroxylation sites is 6. The Morgan fingerprint density at radius 2 is 1.32 bits per heavy atom. The molecule has 0 spiro atoms. The number of amides is 1. The maximum Gasteiger partial charge on any atom is 0.407 e. The van der Waals surface area contributed by atoms with Gasteiger partial charge in [-0.1, -0.05) is 82.8 Å². The van der Waals surface area contributed by atoms with Gasteiger partial charge in [0.2, 0.25) is 10.6 Å². The number of carbonyl (C=O) groups excluding carboxylic acids is 1. The van der Waals surface area contributed by atoms with Gasteiger partial charge < -0.3 is 29.8 Å². The number of aryl methyl sites for hydroxylation is 1. The van der Waals surface area contributed by atoms with Gasteiger partial charge in [0.15, 0.2) is 16.8 Å². The maximum absolute atomic E-state index is 11.2. The third kappa shape index (κ3) is 15.1. The first-order valence-electron chi connectivity index (χ1n) is 22.6. The van der Waals surface area contributed by atoms with Crippen LogP contribution in [0.2, 0.25) is 30.8 Å². The lowest BCUT2D eigenvalue weighted by Crippen LogP contribution is -2.48. The molecule has 11 rings (SSSR count). The molecule has 382 valence electrons. The number of hydrogen-bond acceptors (Lipinski definition) is 14. The van der Waals surface area contributed by atoms with E-state index in [9.17, 15) is 4.79 Å². The van der Waals surface area contributed by atoms with Crippen molar-refractivity contribution < 1.29 is 19.4 Å². The average Bonchev–Trinajstić information content (AvgIpc) is 4.07. The molecular weight excluding hydrogens is 1060 g/mol. The number of halogens is 6. The highest BCUT2D eigenvalue weighted by atomic mass is 35.5. The number of ether oxygens (including phenoxy) is 2. The van der Waals surface area contributed by atoms with Crippen LogP contribution in [0.15, 0.2) is 104 Å². The number of imidazole rings is 3. The normalized spacial score (nSPS) is 16.8. The number of rotatable bonds is 6. The summed E-state index contributed by atoms with van der Waals surface area (Å²) < 4.78 is 14.7. The molecule has 1 amide bonds. The van der Waals surface area contributed by atoms with Gasteiger partial charge in [-0.15, -0.1) is 0 Å². The number of alkyl carbamates (subject to hydrolysis) is 1. The summed E-state index contributed by atoms with van der Waals surface area (Å²) in [6.45, 7) is 7.40. The van der Waals surface area contributed by atoms with E-state index in [1.807, 2.05) is 105 Å². The lowest BCUT2D eigenvalue weighted by molar-refractivity contribution is 0.0303. The van der Waals surface area contributed by atoms with Gasteiger partial charge in [0.25, 0.3) is 0 Å². The topological polar surface area (TPSA) is 213 Å². The Morgan fingerprint density at radius 1 is 0.712 bits per heavy atom. The molecule has 2 aliphatic carbocycles. The second-order valence-corrected chi connectivity index (χ2v) is 20.0. The Balaban J connectivity index is 0.000000142. The number of aliphatic hydroxyl groups excluding tert-OH is 1. The Labute approximate surface area is 450 Å². The van der Waals surface area contributed by atoms with E-state index in [0.29, 0.717) is 51.6 Å². The van der Waals surface area contributed by atoms with E-state index in [0.717, 1.165) is 51.8 Å². The Bertz CT molecular complexity index is 3250. The fraction of sp³-hybridized carbons (Fsp3) is 0.306. The van der Waals surface area contributed by atoms with Gasteiger partial charge in [0.1, 0.15) is 33.9 Å². The molecule has 0 atom stereocenters. The molecule has 0 aliphatic heterocycles. The monoisotopic (exact) mass is 1110 g/mol. The molecule has 6 heterocycles. The minimum absolute atomic E-state index is 0.0878. The molecule has 2 fully saturated rings. The molecule has 24 heteroatoms. The van der Waals surface area contributed by atoms with Crippen molar-refractivity contribution in [3.05, 3.63) is 141 Å². The van der Waals surface area contributed by atoms with E-state index >= 15 is 0 Å². The van der Waals surface area contributed by atoms with Crippen molar-refractivity contribution in [1.29, 1.82) is 0 Å². The van der Waals surface area contributed by atoms with Crippen LogP contribution in [0.5, 0.6) is 6.01 Å². The maximum atomic E-state index is 11.2. The smallest absolute Gasteiger partial charge is 0.407 e. The highest BCUT2D eigenvalue weighted by Gasteiger charge is 2.33. The zero-order valence-corrected chi connectivity index (χ0v) is 44.8. The first kappa shape index (κ1) is 54.8. The second kappa shape index (κ2) is 24.8. The molecule has 0 radical (unpaired) electrons. The molecule has 0 saturated heterocycles. The third-order valence-corrected chi connectivity index (χ3v) is 12.5. The summed E-state index contributed by atoms with van der Waals surface area (Å²) in [5.74, 6) is 1.95. The average molecular weight is 1110 g/mol. The van der Waals surface area contributed by atoms with Crippen molar-refractivity contribution in [2.45, 2.75) is 83.3 Å². The molecule has 6 aromatic heterocycles. The molecule has 3 aromatic carbocycles. The minimum Gasteiger partial charge on any atom is -0.460 e. The molecule has 18 nitrogen and oxygen atoms in total. The summed E-state index contributed by atoms with van der Waals surface area (Å²) in [6, 6.07) is 24.6.